The third kappa shape index (κ3) is 3.23. The number of nitrogens with zero attached hydrogens (tertiary/aromatic N) is 4. The molecular weight excluding hydrogens is 290 g/mol. The molecule has 1 unspecified atom stereocenters. The highest BCUT2D eigenvalue weighted by Crippen LogP contribution is 2.24. The van der Waals surface area contributed by atoms with Crippen molar-refractivity contribution in [3.63, 3.8) is 0 Å². The number of nitrogens with one attached hydrogen (secondary N) is 1. The van der Waals surface area contributed by atoms with Gasteiger partial charge in [0.1, 0.15) is 0 Å². The number of aromatic nitrogens is 3. The largest absolute Gasteiger partial charge is 0.334 e. The first-order valence-corrected chi connectivity index (χ1v) is 6.84. The fourth-order valence-corrected chi connectivity index (χ4v) is 2.49. The molecule has 3 rings (SSSR count). The van der Waals surface area contributed by atoms with Crippen LogP contribution in [0.4, 0.5) is 0 Å². The Bertz CT molecular complexity index is 615. The van der Waals surface area contributed by atoms with Crippen molar-refractivity contribution in [2.24, 2.45) is 0 Å². The fraction of sp³-hybridized carbons (Fsp3) is 0.500. The lowest BCUT2D eigenvalue weighted by Crippen LogP contribution is -2.44. The number of likely N-dealkylation sites (N-methyl/N-ethyl adjacent to an activating group) is 1. The van der Waals surface area contributed by atoms with Crippen molar-refractivity contribution in [2.75, 3.05) is 26.7 Å². The van der Waals surface area contributed by atoms with Gasteiger partial charge in [0.25, 0.3) is 5.89 Å². The molecule has 0 aliphatic carbocycles. The van der Waals surface area contributed by atoms with Crippen LogP contribution >= 0.6 is 12.4 Å². The second-order valence-corrected chi connectivity index (χ2v) is 5.24. The van der Waals surface area contributed by atoms with E-state index < -0.39 is 0 Å². The van der Waals surface area contributed by atoms with Crippen LogP contribution in [0.2, 0.25) is 0 Å². The average molecular weight is 310 g/mol. The fourth-order valence-electron chi connectivity index (χ4n) is 2.49. The van der Waals surface area contributed by atoms with E-state index in [-0.39, 0.29) is 18.4 Å². The van der Waals surface area contributed by atoms with Crippen LogP contribution in [0.15, 0.2) is 16.7 Å². The molecule has 7 heteroatoms. The Labute approximate surface area is 130 Å². The normalized spacial score (nSPS) is 19.3. The van der Waals surface area contributed by atoms with Crippen LogP contribution in [0.25, 0.3) is 11.5 Å². The molecule has 0 aromatic carbocycles. The maximum Gasteiger partial charge on any atom is 0.259 e. The van der Waals surface area contributed by atoms with E-state index in [1.54, 1.807) is 0 Å². The molecule has 0 radical (unpaired) electrons. The maximum atomic E-state index is 5.42. The highest BCUT2D eigenvalue weighted by Gasteiger charge is 2.25. The molecule has 1 saturated heterocycles. The minimum atomic E-state index is 0. The zero-order valence-electron chi connectivity index (χ0n) is 12.5. The van der Waals surface area contributed by atoms with Gasteiger partial charge in [-0.3, -0.25) is 9.88 Å². The smallest absolute Gasteiger partial charge is 0.259 e. The van der Waals surface area contributed by atoms with Gasteiger partial charge in [0.15, 0.2) is 5.82 Å². The number of aryl methyl sites for hydroxylation is 2. The molecule has 114 valence electrons. The number of rotatable bonds is 2. The van der Waals surface area contributed by atoms with Gasteiger partial charge in [-0.2, -0.15) is 4.98 Å². The summed E-state index contributed by atoms with van der Waals surface area (Å²) in [5.41, 5.74) is 2.80. The van der Waals surface area contributed by atoms with E-state index in [2.05, 4.69) is 32.4 Å². The van der Waals surface area contributed by atoms with Crippen molar-refractivity contribution in [1.29, 1.82) is 0 Å². The molecule has 1 atom stereocenters. The molecular formula is C14H20ClN5O. The van der Waals surface area contributed by atoms with Crippen molar-refractivity contribution in [2.45, 2.75) is 19.9 Å². The van der Waals surface area contributed by atoms with Crippen LogP contribution in [-0.4, -0.2) is 46.7 Å². The molecule has 0 amide bonds. The Hall–Kier alpha value is -1.50. The zero-order valence-corrected chi connectivity index (χ0v) is 13.3. The Balaban J connectivity index is 0.00000161. The van der Waals surface area contributed by atoms with Gasteiger partial charge in [-0.05, 0) is 33.0 Å². The predicted octanol–water partition coefficient (Wildman–Crippen LogP) is 1.75. The predicted molar refractivity (Wildman–Crippen MR) is 82.5 cm³/mol. The van der Waals surface area contributed by atoms with E-state index >= 15 is 0 Å². The topological polar surface area (TPSA) is 67.1 Å². The van der Waals surface area contributed by atoms with Crippen LogP contribution in [0.5, 0.6) is 0 Å². The van der Waals surface area contributed by atoms with Gasteiger partial charge in [0, 0.05) is 25.3 Å². The van der Waals surface area contributed by atoms with Gasteiger partial charge in [-0.15, -0.1) is 12.4 Å². The molecule has 1 fully saturated rings. The second kappa shape index (κ2) is 6.51. The van der Waals surface area contributed by atoms with Gasteiger partial charge in [0.2, 0.25) is 0 Å². The highest BCUT2D eigenvalue weighted by atomic mass is 35.5. The van der Waals surface area contributed by atoms with E-state index in [0.29, 0.717) is 5.89 Å². The van der Waals surface area contributed by atoms with Gasteiger partial charge >= 0.3 is 0 Å². The minimum absolute atomic E-state index is 0. The summed E-state index contributed by atoms with van der Waals surface area (Å²) in [7, 11) is 2.08. The van der Waals surface area contributed by atoms with Crippen molar-refractivity contribution in [3.8, 4) is 11.5 Å². The minimum Gasteiger partial charge on any atom is -0.334 e. The van der Waals surface area contributed by atoms with Crippen LogP contribution in [0.3, 0.4) is 0 Å². The average Bonchev–Trinajstić information content (AvgIpc) is 2.88. The van der Waals surface area contributed by atoms with Gasteiger partial charge in [-0.25, -0.2) is 0 Å². The first-order valence-electron chi connectivity index (χ1n) is 6.84. The zero-order chi connectivity index (χ0) is 14.1. The van der Waals surface area contributed by atoms with Crippen molar-refractivity contribution in [3.05, 3.63) is 29.3 Å². The number of pyridine rings is 1. The van der Waals surface area contributed by atoms with Crippen molar-refractivity contribution in [1.82, 2.24) is 25.3 Å². The summed E-state index contributed by atoms with van der Waals surface area (Å²) in [4.78, 5) is 11.2. The number of hydrogen-bond acceptors (Lipinski definition) is 6. The Kier molecular flexibility index (Phi) is 4.92. The molecule has 0 saturated carbocycles. The first kappa shape index (κ1) is 15.9. The summed E-state index contributed by atoms with van der Waals surface area (Å²) >= 11 is 0. The molecule has 2 aromatic heterocycles. The molecule has 3 heterocycles. The summed E-state index contributed by atoms with van der Waals surface area (Å²) in [5.74, 6) is 1.28. The van der Waals surface area contributed by atoms with Crippen LogP contribution < -0.4 is 5.32 Å². The molecule has 1 N–H and O–H groups in total. The summed E-state index contributed by atoms with van der Waals surface area (Å²) < 4.78 is 5.42. The summed E-state index contributed by atoms with van der Waals surface area (Å²) in [6.07, 6.45) is 0. The summed E-state index contributed by atoms with van der Waals surface area (Å²) in [6, 6.07) is 4.11. The lowest BCUT2D eigenvalue weighted by Gasteiger charge is -2.30. The van der Waals surface area contributed by atoms with Crippen LogP contribution in [-0.2, 0) is 0 Å². The molecule has 0 spiro atoms. The second-order valence-electron chi connectivity index (χ2n) is 5.24. The molecule has 0 bridgehead atoms. The summed E-state index contributed by atoms with van der Waals surface area (Å²) in [5, 5.41) is 7.49. The SMILES string of the molecule is Cc1ccc(-c2nc(C3CNCCN3C)no2)c(C)n1.Cl. The first-order chi connectivity index (χ1) is 9.65. The van der Waals surface area contributed by atoms with E-state index in [4.69, 9.17) is 4.52 Å². The summed E-state index contributed by atoms with van der Waals surface area (Å²) in [6.45, 7) is 6.76. The Morgan fingerprint density at radius 2 is 2.10 bits per heavy atom. The van der Waals surface area contributed by atoms with Gasteiger partial charge in [-0.1, -0.05) is 5.16 Å². The molecule has 6 nitrogen and oxygen atoms in total. The van der Waals surface area contributed by atoms with Crippen molar-refractivity contribution >= 4 is 12.4 Å². The van der Waals surface area contributed by atoms with E-state index in [0.717, 1.165) is 42.4 Å². The van der Waals surface area contributed by atoms with Gasteiger partial charge in [0.05, 0.1) is 17.3 Å². The maximum absolute atomic E-state index is 5.42. The lowest BCUT2D eigenvalue weighted by atomic mass is 10.1. The van der Waals surface area contributed by atoms with Gasteiger partial charge < -0.3 is 9.84 Å². The van der Waals surface area contributed by atoms with Crippen molar-refractivity contribution < 1.29 is 4.52 Å². The standard InChI is InChI=1S/C14H19N5O.ClH/c1-9-4-5-11(10(2)16-9)14-17-13(18-20-14)12-8-15-6-7-19(12)3;/h4-5,12,15H,6-8H2,1-3H3;1H. The third-order valence-corrected chi connectivity index (χ3v) is 3.71. The number of hydrogen-bond donors (Lipinski definition) is 1. The molecule has 2 aromatic rings. The van der Waals surface area contributed by atoms with E-state index in [1.807, 2.05) is 26.0 Å². The molecule has 1 aliphatic heterocycles. The lowest BCUT2D eigenvalue weighted by molar-refractivity contribution is 0.190. The van der Waals surface area contributed by atoms with E-state index in [9.17, 15) is 0 Å². The number of halogens is 1. The third-order valence-electron chi connectivity index (χ3n) is 3.71. The van der Waals surface area contributed by atoms with E-state index in [1.165, 1.54) is 0 Å². The molecule has 1 aliphatic rings. The van der Waals surface area contributed by atoms with Crippen LogP contribution in [0.1, 0.15) is 23.3 Å². The van der Waals surface area contributed by atoms with Crippen LogP contribution in [0, 0.1) is 13.8 Å². The number of piperazine rings is 1. The Morgan fingerprint density at radius 1 is 1.29 bits per heavy atom. The monoisotopic (exact) mass is 309 g/mol. The Morgan fingerprint density at radius 3 is 2.81 bits per heavy atom. The highest BCUT2D eigenvalue weighted by molar-refractivity contribution is 5.85. The quantitative estimate of drug-likeness (QED) is 0.911. The molecule has 21 heavy (non-hydrogen) atoms.